The molecule has 0 aliphatic heterocycles. The number of hydrogen-bond acceptors (Lipinski definition) is 1. The van der Waals surface area contributed by atoms with E-state index in [0.717, 1.165) is 0 Å². The molecule has 12 heavy (non-hydrogen) atoms. The van der Waals surface area contributed by atoms with Crippen LogP contribution in [0.2, 0.25) is 0 Å². The van der Waals surface area contributed by atoms with E-state index >= 15 is 0 Å². The number of unbranched alkanes of at least 4 members (excludes halogenated alkanes) is 2. The Kier molecular flexibility index (Phi) is 9.10. The molecule has 0 amide bonds. The number of rotatable bonds is 6. The van der Waals surface area contributed by atoms with Gasteiger partial charge in [0.2, 0.25) is 0 Å². The third kappa shape index (κ3) is 8.02. The zero-order valence-corrected chi connectivity index (χ0v) is 9.14. The number of nitrogens with zero attached hydrogens (tertiary/aromatic N) is 1. The summed E-state index contributed by atoms with van der Waals surface area (Å²) in [6.07, 6.45) is 5.40. The molecule has 0 aromatic rings. The van der Waals surface area contributed by atoms with Crippen molar-refractivity contribution in [2.45, 2.75) is 39.5 Å². The van der Waals surface area contributed by atoms with Gasteiger partial charge in [-0.1, -0.05) is 26.7 Å². The SMILES string of the molecule is CCCC[N+](C)(C)CCCC.[OH-]. The highest BCUT2D eigenvalue weighted by atomic mass is 16.0. The molecule has 0 fully saturated rings. The Morgan fingerprint density at radius 2 is 1.17 bits per heavy atom. The summed E-state index contributed by atoms with van der Waals surface area (Å²) in [7, 11) is 4.68. The fraction of sp³-hybridized carbons (Fsp3) is 1.00. The molecule has 0 bridgehead atoms. The Hall–Kier alpha value is -0.0800. The van der Waals surface area contributed by atoms with Gasteiger partial charge in [-0.2, -0.15) is 0 Å². The molecule has 0 saturated carbocycles. The van der Waals surface area contributed by atoms with E-state index in [1.807, 2.05) is 0 Å². The van der Waals surface area contributed by atoms with E-state index in [-0.39, 0.29) is 5.48 Å². The van der Waals surface area contributed by atoms with Crippen molar-refractivity contribution >= 4 is 0 Å². The minimum absolute atomic E-state index is 0. The lowest BCUT2D eigenvalue weighted by Crippen LogP contribution is -2.41. The monoisotopic (exact) mass is 175 g/mol. The van der Waals surface area contributed by atoms with Gasteiger partial charge in [0, 0.05) is 0 Å². The van der Waals surface area contributed by atoms with Crippen LogP contribution >= 0.6 is 0 Å². The van der Waals surface area contributed by atoms with Gasteiger partial charge in [0.05, 0.1) is 27.2 Å². The molecule has 0 radical (unpaired) electrons. The van der Waals surface area contributed by atoms with Crippen LogP contribution in [0.15, 0.2) is 0 Å². The van der Waals surface area contributed by atoms with Crippen molar-refractivity contribution in [3.63, 3.8) is 0 Å². The largest absolute Gasteiger partial charge is 0.870 e. The molecule has 0 heterocycles. The summed E-state index contributed by atoms with van der Waals surface area (Å²) < 4.78 is 1.21. The Morgan fingerprint density at radius 3 is 1.42 bits per heavy atom. The van der Waals surface area contributed by atoms with Crippen LogP contribution in [-0.2, 0) is 0 Å². The van der Waals surface area contributed by atoms with Gasteiger partial charge in [-0.05, 0) is 12.8 Å². The molecule has 0 rings (SSSR count). The highest BCUT2D eigenvalue weighted by molar-refractivity contribution is 4.37. The number of hydrogen-bond donors (Lipinski definition) is 0. The van der Waals surface area contributed by atoms with E-state index in [4.69, 9.17) is 0 Å². The van der Waals surface area contributed by atoms with E-state index in [9.17, 15) is 0 Å². The smallest absolute Gasteiger partial charge is 0.0782 e. The van der Waals surface area contributed by atoms with Crippen LogP contribution in [0.1, 0.15) is 39.5 Å². The summed E-state index contributed by atoms with van der Waals surface area (Å²) in [6.45, 7) is 7.21. The molecule has 0 atom stereocenters. The molecule has 0 spiro atoms. The molecule has 0 unspecified atom stereocenters. The maximum atomic E-state index is 2.34. The van der Waals surface area contributed by atoms with Gasteiger partial charge >= 0.3 is 0 Å². The summed E-state index contributed by atoms with van der Waals surface area (Å²) in [5, 5.41) is 0. The van der Waals surface area contributed by atoms with Crippen molar-refractivity contribution in [1.82, 2.24) is 0 Å². The Morgan fingerprint density at radius 1 is 0.833 bits per heavy atom. The average Bonchev–Trinajstić information content (AvgIpc) is 1.97. The highest BCUT2D eigenvalue weighted by Crippen LogP contribution is 2.03. The second-order valence-corrected chi connectivity index (χ2v) is 4.09. The zero-order chi connectivity index (χ0) is 8.74. The lowest BCUT2D eigenvalue weighted by atomic mass is 10.2. The van der Waals surface area contributed by atoms with Crippen LogP contribution in [0.25, 0.3) is 0 Å². The van der Waals surface area contributed by atoms with Crippen molar-refractivity contribution in [2.75, 3.05) is 27.2 Å². The molecule has 0 aromatic carbocycles. The van der Waals surface area contributed by atoms with Crippen molar-refractivity contribution in [2.24, 2.45) is 0 Å². The van der Waals surface area contributed by atoms with Gasteiger partial charge < -0.3 is 9.96 Å². The molecule has 76 valence electrons. The average molecular weight is 175 g/mol. The first-order valence-electron chi connectivity index (χ1n) is 4.94. The van der Waals surface area contributed by atoms with E-state index in [0.29, 0.717) is 0 Å². The quantitative estimate of drug-likeness (QED) is 0.570. The zero-order valence-electron chi connectivity index (χ0n) is 9.14. The van der Waals surface area contributed by atoms with Crippen molar-refractivity contribution in [1.29, 1.82) is 0 Å². The molecule has 0 saturated heterocycles. The van der Waals surface area contributed by atoms with Gasteiger partial charge in [-0.15, -0.1) is 0 Å². The predicted molar refractivity (Wildman–Crippen MR) is 53.6 cm³/mol. The highest BCUT2D eigenvalue weighted by Gasteiger charge is 2.11. The van der Waals surface area contributed by atoms with Gasteiger partial charge in [0.1, 0.15) is 0 Å². The summed E-state index contributed by atoms with van der Waals surface area (Å²) in [5.41, 5.74) is 0. The second-order valence-electron chi connectivity index (χ2n) is 4.09. The summed E-state index contributed by atoms with van der Waals surface area (Å²) in [6, 6.07) is 0. The fourth-order valence-corrected chi connectivity index (χ4v) is 1.28. The minimum Gasteiger partial charge on any atom is -0.870 e. The summed E-state index contributed by atoms with van der Waals surface area (Å²) >= 11 is 0. The standard InChI is InChI=1S/C10H24N.H2O/c1-5-7-9-11(3,4)10-8-6-2;/h5-10H2,1-4H3;1H2/q+1;/p-1. The van der Waals surface area contributed by atoms with Crippen molar-refractivity contribution in [3.05, 3.63) is 0 Å². The fourth-order valence-electron chi connectivity index (χ4n) is 1.28. The maximum absolute atomic E-state index is 2.34. The first-order valence-corrected chi connectivity index (χ1v) is 4.94. The second kappa shape index (κ2) is 7.56. The first-order chi connectivity index (χ1) is 5.12. The molecule has 0 aromatic heterocycles. The van der Waals surface area contributed by atoms with Crippen LogP contribution in [0, 0.1) is 0 Å². The van der Waals surface area contributed by atoms with Gasteiger partial charge in [-0.25, -0.2) is 0 Å². The van der Waals surface area contributed by atoms with Gasteiger partial charge in [0.15, 0.2) is 0 Å². The third-order valence-corrected chi connectivity index (χ3v) is 2.23. The van der Waals surface area contributed by atoms with Crippen LogP contribution in [-0.4, -0.2) is 37.1 Å². The number of quaternary nitrogens is 1. The third-order valence-electron chi connectivity index (χ3n) is 2.23. The van der Waals surface area contributed by atoms with Crippen LogP contribution in [0.3, 0.4) is 0 Å². The molecule has 0 aliphatic rings. The molecular weight excluding hydrogens is 150 g/mol. The van der Waals surface area contributed by atoms with E-state index in [2.05, 4.69) is 27.9 Å². The van der Waals surface area contributed by atoms with E-state index in [1.54, 1.807) is 0 Å². The van der Waals surface area contributed by atoms with Gasteiger partial charge in [0.25, 0.3) is 0 Å². The Labute approximate surface area is 77.5 Å². The topological polar surface area (TPSA) is 30.0 Å². The first kappa shape index (κ1) is 14.4. The molecular formula is C10H25NO. The van der Waals surface area contributed by atoms with Crippen LogP contribution in [0.5, 0.6) is 0 Å². The predicted octanol–water partition coefficient (Wildman–Crippen LogP) is 2.49. The van der Waals surface area contributed by atoms with E-state index in [1.165, 1.54) is 43.3 Å². The maximum Gasteiger partial charge on any atom is 0.0782 e. The molecule has 1 N–H and O–H groups in total. The van der Waals surface area contributed by atoms with Crippen molar-refractivity contribution < 1.29 is 9.96 Å². The Balaban J connectivity index is 0. The molecule has 2 nitrogen and oxygen atoms in total. The normalized spacial score (nSPS) is 11.0. The molecule has 0 aliphatic carbocycles. The van der Waals surface area contributed by atoms with E-state index < -0.39 is 0 Å². The molecule has 2 heteroatoms. The van der Waals surface area contributed by atoms with Gasteiger partial charge in [-0.3, -0.25) is 0 Å². The minimum atomic E-state index is 0. The van der Waals surface area contributed by atoms with Crippen LogP contribution in [0.4, 0.5) is 0 Å². The Bertz CT molecular complexity index is 81.8. The van der Waals surface area contributed by atoms with Crippen LogP contribution < -0.4 is 0 Å². The lowest BCUT2D eigenvalue weighted by Gasteiger charge is -2.29. The lowest BCUT2D eigenvalue weighted by molar-refractivity contribution is -0.890. The van der Waals surface area contributed by atoms with Crippen molar-refractivity contribution in [3.8, 4) is 0 Å². The summed E-state index contributed by atoms with van der Waals surface area (Å²) in [4.78, 5) is 0. The summed E-state index contributed by atoms with van der Waals surface area (Å²) in [5.74, 6) is 0.